The number of rotatable bonds is 8. The average molecular weight is 417 g/mol. The number of benzene rings is 2. The van der Waals surface area contributed by atoms with Gasteiger partial charge in [-0.1, -0.05) is 30.3 Å². The third kappa shape index (κ3) is 5.03. The van der Waals surface area contributed by atoms with Crippen LogP contribution in [0.25, 0.3) is 0 Å². The van der Waals surface area contributed by atoms with Crippen molar-refractivity contribution in [2.75, 3.05) is 20.2 Å². The van der Waals surface area contributed by atoms with Crippen molar-refractivity contribution in [3.8, 4) is 5.75 Å². The second-order valence-electron chi connectivity index (χ2n) is 6.35. The molecule has 8 heteroatoms. The Morgan fingerprint density at radius 1 is 1.07 bits per heavy atom. The number of hydrogen-bond donors (Lipinski definition) is 0. The van der Waals surface area contributed by atoms with Crippen LogP contribution in [0, 0.1) is 5.82 Å². The molecule has 0 saturated heterocycles. The maximum absolute atomic E-state index is 13.6. The summed E-state index contributed by atoms with van der Waals surface area (Å²) in [6.07, 6.45) is 1.28. The van der Waals surface area contributed by atoms with Crippen LogP contribution in [0.2, 0.25) is 0 Å². The first-order chi connectivity index (χ1) is 13.9. The Balaban J connectivity index is 1.64. The molecule has 0 bridgehead atoms. The van der Waals surface area contributed by atoms with E-state index >= 15 is 0 Å². The first-order valence-corrected chi connectivity index (χ1v) is 10.5. The Labute approximate surface area is 168 Å². The topological polar surface area (TPSA) is 76.8 Å². The zero-order valence-corrected chi connectivity index (χ0v) is 16.6. The van der Waals surface area contributed by atoms with Gasteiger partial charge in [0.1, 0.15) is 6.61 Å². The molecule has 0 fully saturated rings. The van der Waals surface area contributed by atoms with E-state index in [1.807, 2.05) is 0 Å². The van der Waals surface area contributed by atoms with Crippen LogP contribution >= 0.6 is 0 Å². The minimum atomic E-state index is -3.62. The van der Waals surface area contributed by atoms with Crippen LogP contribution in [0.1, 0.15) is 16.1 Å². The molecule has 0 aliphatic carbocycles. The minimum absolute atomic E-state index is 0.0436. The highest BCUT2D eigenvalue weighted by molar-refractivity contribution is 7.90. The molecule has 0 aliphatic heterocycles. The van der Waals surface area contributed by atoms with Crippen LogP contribution in [-0.2, 0) is 15.6 Å². The van der Waals surface area contributed by atoms with Crippen LogP contribution in [-0.4, -0.2) is 39.4 Å². The van der Waals surface area contributed by atoms with Crippen molar-refractivity contribution < 1.29 is 26.8 Å². The molecule has 29 heavy (non-hydrogen) atoms. The summed E-state index contributed by atoms with van der Waals surface area (Å²) in [6, 6.07) is 15.5. The lowest BCUT2D eigenvalue weighted by Crippen LogP contribution is -2.31. The predicted molar refractivity (Wildman–Crippen MR) is 105 cm³/mol. The van der Waals surface area contributed by atoms with E-state index in [0.29, 0.717) is 0 Å². The van der Waals surface area contributed by atoms with E-state index in [1.54, 1.807) is 30.3 Å². The molecule has 152 valence electrons. The molecule has 2 aromatic carbocycles. The molecular formula is C21H20FNO5S. The lowest BCUT2D eigenvalue weighted by molar-refractivity contribution is 0.0740. The van der Waals surface area contributed by atoms with Crippen molar-refractivity contribution >= 4 is 15.7 Å². The monoisotopic (exact) mass is 417 g/mol. The molecule has 0 atom stereocenters. The molecule has 6 nitrogen and oxygen atoms in total. The van der Waals surface area contributed by atoms with Gasteiger partial charge in [0.15, 0.2) is 27.2 Å². The SMILES string of the molecule is CN(CCOc1ccccc1F)C(=O)c1occc1CS(=O)(=O)c1ccccc1. The van der Waals surface area contributed by atoms with E-state index in [4.69, 9.17) is 9.15 Å². The number of carbonyl (C=O) groups excluding carboxylic acids is 1. The molecule has 0 unspecified atom stereocenters. The summed E-state index contributed by atoms with van der Waals surface area (Å²) in [5, 5.41) is 0. The summed E-state index contributed by atoms with van der Waals surface area (Å²) in [5.41, 5.74) is 0.278. The van der Waals surface area contributed by atoms with Crippen molar-refractivity contribution in [2.45, 2.75) is 10.6 Å². The number of ether oxygens (including phenoxy) is 1. The van der Waals surface area contributed by atoms with Gasteiger partial charge in [0, 0.05) is 12.6 Å². The van der Waals surface area contributed by atoms with Crippen molar-refractivity contribution in [1.82, 2.24) is 4.90 Å². The zero-order chi connectivity index (χ0) is 20.9. The van der Waals surface area contributed by atoms with E-state index in [0.717, 1.165) is 0 Å². The van der Waals surface area contributed by atoms with E-state index in [1.165, 1.54) is 48.5 Å². The molecule has 3 rings (SSSR count). The molecule has 1 aromatic heterocycles. The second kappa shape index (κ2) is 8.91. The molecule has 0 N–H and O–H groups in total. The number of likely N-dealkylation sites (N-methyl/N-ethyl adjacent to an activating group) is 1. The molecule has 0 radical (unpaired) electrons. The van der Waals surface area contributed by atoms with Gasteiger partial charge >= 0.3 is 0 Å². The zero-order valence-electron chi connectivity index (χ0n) is 15.7. The van der Waals surface area contributed by atoms with Gasteiger partial charge in [0.25, 0.3) is 5.91 Å². The van der Waals surface area contributed by atoms with Crippen LogP contribution in [0.5, 0.6) is 5.75 Å². The van der Waals surface area contributed by atoms with Gasteiger partial charge in [-0.3, -0.25) is 4.79 Å². The molecule has 1 heterocycles. The molecule has 1 amide bonds. The highest BCUT2D eigenvalue weighted by atomic mass is 32.2. The van der Waals surface area contributed by atoms with Crippen LogP contribution in [0.3, 0.4) is 0 Å². The summed E-state index contributed by atoms with van der Waals surface area (Å²) in [6.45, 7) is 0.236. The van der Waals surface area contributed by atoms with Crippen molar-refractivity contribution in [3.63, 3.8) is 0 Å². The third-order valence-corrected chi connectivity index (χ3v) is 5.94. The quantitative estimate of drug-likeness (QED) is 0.560. The lowest BCUT2D eigenvalue weighted by Gasteiger charge is -2.17. The van der Waals surface area contributed by atoms with Gasteiger partial charge in [-0.05, 0) is 30.3 Å². The fourth-order valence-electron chi connectivity index (χ4n) is 2.68. The molecule has 3 aromatic rings. The normalized spacial score (nSPS) is 11.2. The highest BCUT2D eigenvalue weighted by Gasteiger charge is 2.24. The van der Waals surface area contributed by atoms with Gasteiger partial charge in [-0.15, -0.1) is 0 Å². The fourth-order valence-corrected chi connectivity index (χ4v) is 4.06. The number of sulfone groups is 1. The van der Waals surface area contributed by atoms with Crippen molar-refractivity contribution in [1.29, 1.82) is 0 Å². The Morgan fingerprint density at radius 3 is 2.48 bits per heavy atom. The van der Waals surface area contributed by atoms with Crippen molar-refractivity contribution in [3.05, 3.63) is 84.1 Å². The highest BCUT2D eigenvalue weighted by Crippen LogP contribution is 2.21. The number of carbonyl (C=O) groups is 1. The van der Waals surface area contributed by atoms with Gasteiger partial charge in [-0.2, -0.15) is 0 Å². The number of halogens is 1. The first kappa shape index (κ1) is 20.6. The third-order valence-electron chi connectivity index (χ3n) is 4.26. The summed E-state index contributed by atoms with van der Waals surface area (Å²) >= 11 is 0. The molecule has 0 saturated carbocycles. The number of furan rings is 1. The lowest BCUT2D eigenvalue weighted by atomic mass is 10.2. The summed E-state index contributed by atoms with van der Waals surface area (Å²) in [7, 11) is -2.09. The van der Waals surface area contributed by atoms with E-state index < -0.39 is 21.6 Å². The maximum atomic E-state index is 13.6. The standard InChI is InChI=1S/C21H20FNO5S/c1-23(12-14-27-19-10-6-5-9-18(19)22)21(24)20-16(11-13-28-20)15-29(25,26)17-7-3-2-4-8-17/h2-11,13H,12,14-15H2,1H3. The number of para-hydroxylation sites is 1. The Hall–Kier alpha value is -3.13. The number of nitrogens with zero attached hydrogens (tertiary/aromatic N) is 1. The number of hydrogen-bond acceptors (Lipinski definition) is 5. The Kier molecular flexibility index (Phi) is 6.33. The average Bonchev–Trinajstić information content (AvgIpc) is 3.16. The van der Waals surface area contributed by atoms with Crippen LogP contribution in [0.15, 0.2) is 76.2 Å². The number of amides is 1. The minimum Gasteiger partial charge on any atom is -0.489 e. The summed E-state index contributed by atoms with van der Waals surface area (Å²) < 4.78 is 49.3. The van der Waals surface area contributed by atoms with Crippen molar-refractivity contribution in [2.24, 2.45) is 0 Å². The van der Waals surface area contributed by atoms with Gasteiger partial charge in [0.2, 0.25) is 0 Å². The van der Waals surface area contributed by atoms with Crippen LogP contribution < -0.4 is 4.74 Å². The summed E-state index contributed by atoms with van der Waals surface area (Å²) in [4.78, 5) is 14.2. The van der Waals surface area contributed by atoms with E-state index in [9.17, 15) is 17.6 Å². The first-order valence-electron chi connectivity index (χ1n) is 8.85. The second-order valence-corrected chi connectivity index (χ2v) is 8.34. The fraction of sp³-hybridized carbons (Fsp3) is 0.190. The van der Waals surface area contributed by atoms with Crippen LogP contribution in [0.4, 0.5) is 4.39 Å². The Bertz CT molecular complexity index is 1080. The van der Waals surface area contributed by atoms with Gasteiger partial charge < -0.3 is 14.1 Å². The molecule has 0 spiro atoms. The summed E-state index contributed by atoms with van der Waals surface area (Å²) in [5.74, 6) is -1.26. The molecular weight excluding hydrogens is 397 g/mol. The maximum Gasteiger partial charge on any atom is 0.289 e. The largest absolute Gasteiger partial charge is 0.489 e. The Morgan fingerprint density at radius 2 is 1.76 bits per heavy atom. The van der Waals surface area contributed by atoms with E-state index in [2.05, 4.69) is 0 Å². The van der Waals surface area contributed by atoms with Gasteiger partial charge in [0.05, 0.1) is 23.5 Å². The predicted octanol–water partition coefficient (Wildman–Crippen LogP) is 3.54. The molecule has 0 aliphatic rings. The van der Waals surface area contributed by atoms with Gasteiger partial charge in [-0.25, -0.2) is 12.8 Å². The smallest absolute Gasteiger partial charge is 0.289 e. The van der Waals surface area contributed by atoms with E-state index in [-0.39, 0.29) is 40.9 Å².